The Morgan fingerprint density at radius 3 is 2.41 bits per heavy atom. The van der Waals surface area contributed by atoms with Crippen molar-refractivity contribution in [2.24, 2.45) is 7.05 Å². The second-order valence-electron chi connectivity index (χ2n) is 6.01. The molecule has 2 N–H and O–H groups in total. The molecule has 22 heavy (non-hydrogen) atoms. The van der Waals surface area contributed by atoms with Crippen LogP contribution in [0, 0.1) is 0 Å². The monoisotopic (exact) mass is 302 g/mol. The van der Waals surface area contributed by atoms with Crippen molar-refractivity contribution in [1.29, 1.82) is 0 Å². The van der Waals surface area contributed by atoms with E-state index in [2.05, 4.69) is 15.6 Å². The maximum atomic E-state index is 11.7. The number of carbonyl (C=O) groups is 1. The fourth-order valence-electron chi connectivity index (χ4n) is 1.84. The standard InChI is InChI=1S/C16H22N4O2/c1-16(2,3)22-15(21)19-13-7-5-12(6-8-13)18-11-14-17-9-10-20(14)4/h5-10,18H,11H2,1-4H3,(H,19,21). The number of imidazole rings is 1. The summed E-state index contributed by atoms with van der Waals surface area (Å²) >= 11 is 0. The number of hydrogen-bond donors (Lipinski definition) is 2. The number of nitrogens with zero attached hydrogens (tertiary/aromatic N) is 2. The molecule has 0 saturated heterocycles. The Hall–Kier alpha value is -2.50. The van der Waals surface area contributed by atoms with Crippen LogP contribution in [0.4, 0.5) is 16.2 Å². The van der Waals surface area contributed by atoms with E-state index in [-0.39, 0.29) is 0 Å². The van der Waals surface area contributed by atoms with Gasteiger partial charge in [-0.15, -0.1) is 0 Å². The Bertz CT molecular complexity index is 626. The van der Waals surface area contributed by atoms with Gasteiger partial charge in [0.25, 0.3) is 0 Å². The van der Waals surface area contributed by atoms with Crippen molar-refractivity contribution in [1.82, 2.24) is 9.55 Å². The van der Waals surface area contributed by atoms with Crippen molar-refractivity contribution in [3.8, 4) is 0 Å². The second-order valence-corrected chi connectivity index (χ2v) is 6.01. The van der Waals surface area contributed by atoms with E-state index in [1.54, 1.807) is 6.20 Å². The number of rotatable bonds is 4. The van der Waals surface area contributed by atoms with Crippen LogP contribution >= 0.6 is 0 Å². The zero-order valence-corrected chi connectivity index (χ0v) is 13.4. The van der Waals surface area contributed by atoms with E-state index in [1.165, 1.54) is 0 Å². The SMILES string of the molecule is Cn1ccnc1CNc1ccc(NC(=O)OC(C)(C)C)cc1. The van der Waals surface area contributed by atoms with E-state index in [0.717, 1.165) is 11.5 Å². The molecule has 1 heterocycles. The highest BCUT2D eigenvalue weighted by molar-refractivity contribution is 5.85. The third kappa shape index (κ3) is 4.80. The van der Waals surface area contributed by atoms with Gasteiger partial charge in [-0.2, -0.15) is 0 Å². The maximum absolute atomic E-state index is 11.7. The molecule has 0 spiro atoms. The smallest absolute Gasteiger partial charge is 0.412 e. The number of ether oxygens (including phenoxy) is 1. The Labute approximate surface area is 130 Å². The third-order valence-electron chi connectivity index (χ3n) is 2.90. The minimum Gasteiger partial charge on any atom is -0.444 e. The van der Waals surface area contributed by atoms with Crippen LogP contribution < -0.4 is 10.6 Å². The van der Waals surface area contributed by atoms with Gasteiger partial charge in [-0.25, -0.2) is 9.78 Å². The molecule has 2 rings (SSSR count). The van der Waals surface area contributed by atoms with Gasteiger partial charge in [-0.1, -0.05) is 0 Å². The Kier molecular flexibility index (Phi) is 4.70. The van der Waals surface area contributed by atoms with Gasteiger partial charge in [0.05, 0.1) is 6.54 Å². The van der Waals surface area contributed by atoms with Crippen LogP contribution in [0.5, 0.6) is 0 Å². The average molecular weight is 302 g/mol. The lowest BCUT2D eigenvalue weighted by Gasteiger charge is -2.19. The maximum Gasteiger partial charge on any atom is 0.412 e. The van der Waals surface area contributed by atoms with Crippen molar-refractivity contribution in [2.75, 3.05) is 10.6 Å². The average Bonchev–Trinajstić information content (AvgIpc) is 2.81. The highest BCUT2D eigenvalue weighted by atomic mass is 16.6. The minimum absolute atomic E-state index is 0.457. The van der Waals surface area contributed by atoms with E-state index in [9.17, 15) is 4.79 Å². The molecule has 6 heteroatoms. The molecule has 1 aromatic carbocycles. The van der Waals surface area contributed by atoms with Gasteiger partial charge in [0, 0.05) is 30.8 Å². The normalized spacial score (nSPS) is 11.1. The highest BCUT2D eigenvalue weighted by Gasteiger charge is 2.16. The first-order valence-electron chi connectivity index (χ1n) is 7.14. The van der Waals surface area contributed by atoms with Crippen molar-refractivity contribution in [2.45, 2.75) is 32.9 Å². The van der Waals surface area contributed by atoms with Crippen LogP contribution in [0.15, 0.2) is 36.7 Å². The Morgan fingerprint density at radius 1 is 1.23 bits per heavy atom. The zero-order chi connectivity index (χ0) is 16.2. The van der Waals surface area contributed by atoms with Crippen LogP contribution in [0.3, 0.4) is 0 Å². The van der Waals surface area contributed by atoms with Crippen molar-refractivity contribution < 1.29 is 9.53 Å². The van der Waals surface area contributed by atoms with Gasteiger partial charge >= 0.3 is 6.09 Å². The number of amides is 1. The summed E-state index contributed by atoms with van der Waals surface area (Å²) in [7, 11) is 1.96. The molecule has 0 aliphatic heterocycles. The zero-order valence-electron chi connectivity index (χ0n) is 13.4. The van der Waals surface area contributed by atoms with Crippen LogP contribution in [0.25, 0.3) is 0 Å². The largest absolute Gasteiger partial charge is 0.444 e. The van der Waals surface area contributed by atoms with E-state index < -0.39 is 11.7 Å². The molecule has 0 unspecified atom stereocenters. The molecular weight excluding hydrogens is 280 g/mol. The molecule has 1 amide bonds. The first-order valence-corrected chi connectivity index (χ1v) is 7.14. The molecule has 6 nitrogen and oxygen atoms in total. The summed E-state index contributed by atoms with van der Waals surface area (Å²) in [6.07, 6.45) is 3.22. The van der Waals surface area contributed by atoms with E-state index in [0.29, 0.717) is 12.2 Å². The number of aryl methyl sites for hydroxylation is 1. The number of aromatic nitrogens is 2. The van der Waals surface area contributed by atoms with E-state index in [4.69, 9.17) is 4.74 Å². The fraction of sp³-hybridized carbons (Fsp3) is 0.375. The summed E-state index contributed by atoms with van der Waals surface area (Å²) in [6.45, 7) is 6.13. The predicted octanol–water partition coefficient (Wildman–Crippen LogP) is 3.38. The molecule has 0 bridgehead atoms. The molecule has 0 atom stereocenters. The lowest BCUT2D eigenvalue weighted by molar-refractivity contribution is 0.0636. The number of hydrogen-bond acceptors (Lipinski definition) is 4. The minimum atomic E-state index is -0.506. The summed E-state index contributed by atoms with van der Waals surface area (Å²) in [4.78, 5) is 15.9. The quantitative estimate of drug-likeness (QED) is 0.908. The van der Waals surface area contributed by atoms with E-state index >= 15 is 0 Å². The molecule has 1 aromatic heterocycles. The number of carbonyl (C=O) groups excluding carboxylic acids is 1. The number of anilines is 2. The molecule has 0 aliphatic rings. The van der Waals surface area contributed by atoms with Crippen molar-refractivity contribution in [3.05, 3.63) is 42.5 Å². The molecule has 0 radical (unpaired) electrons. The first kappa shape index (κ1) is 15.9. The van der Waals surface area contributed by atoms with E-state index in [1.807, 2.05) is 62.8 Å². The first-order chi connectivity index (χ1) is 10.3. The Morgan fingerprint density at radius 2 is 1.86 bits per heavy atom. The number of nitrogens with one attached hydrogen (secondary N) is 2. The number of benzene rings is 1. The fourth-order valence-corrected chi connectivity index (χ4v) is 1.84. The van der Waals surface area contributed by atoms with Gasteiger partial charge in [0.2, 0.25) is 0 Å². The molecule has 118 valence electrons. The van der Waals surface area contributed by atoms with Gasteiger partial charge in [-0.05, 0) is 45.0 Å². The van der Waals surface area contributed by atoms with Crippen LogP contribution in [-0.2, 0) is 18.3 Å². The van der Waals surface area contributed by atoms with Gasteiger partial charge in [-0.3, -0.25) is 5.32 Å². The lowest BCUT2D eigenvalue weighted by Crippen LogP contribution is -2.27. The third-order valence-corrected chi connectivity index (χ3v) is 2.90. The van der Waals surface area contributed by atoms with Crippen molar-refractivity contribution in [3.63, 3.8) is 0 Å². The van der Waals surface area contributed by atoms with Crippen LogP contribution in [-0.4, -0.2) is 21.2 Å². The molecular formula is C16H22N4O2. The summed E-state index contributed by atoms with van der Waals surface area (Å²) in [5, 5.41) is 5.98. The summed E-state index contributed by atoms with van der Waals surface area (Å²) < 4.78 is 7.17. The van der Waals surface area contributed by atoms with Gasteiger partial charge in [0.1, 0.15) is 11.4 Å². The second kappa shape index (κ2) is 6.51. The van der Waals surface area contributed by atoms with Crippen LogP contribution in [0.1, 0.15) is 26.6 Å². The molecule has 0 saturated carbocycles. The Balaban J connectivity index is 1.87. The summed E-state index contributed by atoms with van der Waals surface area (Å²) in [6, 6.07) is 7.45. The highest BCUT2D eigenvalue weighted by Crippen LogP contribution is 2.16. The van der Waals surface area contributed by atoms with Crippen LogP contribution in [0.2, 0.25) is 0 Å². The molecule has 2 aromatic rings. The predicted molar refractivity (Wildman–Crippen MR) is 86.8 cm³/mol. The van der Waals surface area contributed by atoms with Gasteiger partial charge < -0.3 is 14.6 Å². The lowest BCUT2D eigenvalue weighted by atomic mass is 10.2. The summed E-state index contributed by atoms with van der Waals surface area (Å²) in [5.41, 5.74) is 1.14. The van der Waals surface area contributed by atoms with Gasteiger partial charge in [0.15, 0.2) is 0 Å². The molecule has 0 aliphatic carbocycles. The molecule has 0 fully saturated rings. The van der Waals surface area contributed by atoms with Crippen molar-refractivity contribution >= 4 is 17.5 Å². The summed E-state index contributed by atoms with van der Waals surface area (Å²) in [5.74, 6) is 0.955. The topological polar surface area (TPSA) is 68.2 Å².